The van der Waals surface area contributed by atoms with Crippen molar-refractivity contribution in [1.29, 1.82) is 0 Å². The van der Waals surface area contributed by atoms with Gasteiger partial charge in [0.1, 0.15) is 0 Å². The number of nitrogens with one attached hydrogen (secondary N) is 2. The van der Waals surface area contributed by atoms with Crippen LogP contribution in [0, 0.1) is 0 Å². The molecule has 0 bridgehead atoms. The van der Waals surface area contributed by atoms with Crippen LogP contribution in [-0.2, 0) is 39.5 Å². The average molecular weight is 481 g/mol. The van der Waals surface area contributed by atoms with Crippen LogP contribution in [0.3, 0.4) is 0 Å². The number of halogens is 2. The van der Waals surface area contributed by atoms with E-state index in [-0.39, 0.29) is 0 Å². The van der Waals surface area contributed by atoms with Crippen LogP contribution < -0.4 is 15.1 Å². The Bertz CT molecular complexity index is 761. The Labute approximate surface area is 191 Å². The van der Waals surface area contributed by atoms with Gasteiger partial charge in [0.25, 0.3) is 0 Å². The van der Waals surface area contributed by atoms with Crippen LogP contribution in [0.4, 0.5) is 11.4 Å². The van der Waals surface area contributed by atoms with Crippen LogP contribution >= 0.6 is 21.9 Å². The molecular weight excluding hydrogens is 448 g/mol. The normalized spacial score (nSPS) is 11.3. The third kappa shape index (κ3) is 6.53. The van der Waals surface area contributed by atoms with E-state index in [1.165, 1.54) is 33.6 Å². The van der Waals surface area contributed by atoms with Gasteiger partial charge in [0, 0.05) is 0 Å². The van der Waals surface area contributed by atoms with Crippen molar-refractivity contribution < 1.29 is 13.8 Å². The molecule has 0 aliphatic heterocycles. The summed E-state index contributed by atoms with van der Waals surface area (Å²) in [6, 6.07) is 10.8. The monoisotopic (exact) mass is 480 g/mol. The first kappa shape index (κ1) is 24.4. The molecule has 0 amide bonds. The first-order chi connectivity index (χ1) is 14.1. The van der Waals surface area contributed by atoms with Gasteiger partial charge in [0.2, 0.25) is 0 Å². The van der Waals surface area contributed by atoms with Gasteiger partial charge in [0.05, 0.1) is 0 Å². The quantitative estimate of drug-likeness (QED) is 0.299. The van der Waals surface area contributed by atoms with Crippen LogP contribution in [0.15, 0.2) is 30.3 Å². The minimum atomic E-state index is 0.585. The van der Waals surface area contributed by atoms with Gasteiger partial charge in [-0.15, -0.1) is 0 Å². The van der Waals surface area contributed by atoms with Gasteiger partial charge < -0.3 is 0 Å². The second-order valence-electron chi connectivity index (χ2n) is 6.91. The van der Waals surface area contributed by atoms with E-state index in [0.717, 1.165) is 57.1 Å². The summed E-state index contributed by atoms with van der Waals surface area (Å²) in [5.41, 5.74) is 7.76. The van der Waals surface area contributed by atoms with E-state index in [9.17, 15) is 0 Å². The van der Waals surface area contributed by atoms with Crippen molar-refractivity contribution in [3.63, 3.8) is 0 Å². The maximum absolute atomic E-state index is 6.51. The molecular formula is C23H33Cl2CoN3. The Balaban J connectivity index is 1.97. The molecule has 2 rings (SSSR count). The van der Waals surface area contributed by atoms with E-state index < -0.39 is 0 Å². The van der Waals surface area contributed by atoms with Gasteiger partial charge in [-0.2, -0.15) is 0 Å². The van der Waals surface area contributed by atoms with Gasteiger partial charge in [-0.05, 0) is 0 Å². The standard InChI is InChI=1S/C23H33ClN3.ClH.Co/c1-5-18-11-9-12-19(6-2)22(18)25-15-16-27(24)17-26-23-20(7-3)13-10-14-21(23)8-4;;/h9-13,25-26H,5-8,15-17H2,1-4H3;1H;/q;;+1/p-1. The second-order valence-corrected chi connectivity index (χ2v) is 8.67. The molecule has 3 nitrogen and oxygen atoms in total. The zero-order chi connectivity index (χ0) is 21.2. The molecule has 0 heterocycles. The third-order valence-electron chi connectivity index (χ3n) is 5.21. The van der Waals surface area contributed by atoms with Gasteiger partial charge in [-0.3, -0.25) is 0 Å². The van der Waals surface area contributed by atoms with Crippen LogP contribution in [0.5, 0.6) is 0 Å². The summed E-state index contributed by atoms with van der Waals surface area (Å²) in [7, 11) is 6.11. The number of aryl methyl sites for hydroxylation is 3. The van der Waals surface area contributed by atoms with Gasteiger partial charge >= 0.3 is 172 Å². The molecule has 0 unspecified atom stereocenters. The molecule has 0 atom stereocenters. The number of para-hydroxylation sites is 1. The summed E-state index contributed by atoms with van der Waals surface area (Å²) in [6.45, 7) is 10.9. The molecule has 2 N–H and O–H groups in total. The van der Waals surface area contributed by atoms with Crippen molar-refractivity contribution in [2.75, 3.05) is 30.4 Å². The average Bonchev–Trinajstić information content (AvgIpc) is 2.76. The molecule has 29 heavy (non-hydrogen) atoms. The first-order valence-corrected chi connectivity index (χ1v) is 12.7. The Hall–Kier alpha value is -0.914. The summed E-state index contributed by atoms with van der Waals surface area (Å²) < 4.78 is 2.97. The Kier molecular flexibility index (Phi) is 10.7. The fourth-order valence-corrected chi connectivity index (χ4v) is 4.81. The molecule has 0 aliphatic carbocycles. The van der Waals surface area contributed by atoms with Gasteiger partial charge in [-0.1, -0.05) is 19.9 Å². The van der Waals surface area contributed by atoms with Crippen molar-refractivity contribution in [3.05, 3.63) is 52.6 Å². The molecule has 0 saturated carbocycles. The summed E-state index contributed by atoms with van der Waals surface area (Å²) in [5, 5.41) is 7.16. The molecule has 0 fully saturated rings. The fraction of sp³-hybridized carbons (Fsp3) is 0.478. The van der Waals surface area contributed by atoms with E-state index in [2.05, 4.69) is 68.7 Å². The summed E-state index contributed by atoms with van der Waals surface area (Å²) in [4.78, 5) is 0. The summed E-state index contributed by atoms with van der Waals surface area (Å²) >= 11 is 7.33. The van der Waals surface area contributed by atoms with Crippen molar-refractivity contribution in [2.24, 2.45) is 0 Å². The Morgan fingerprint density at radius 3 is 2.00 bits per heavy atom. The molecule has 2 aromatic carbocycles. The van der Waals surface area contributed by atoms with Crippen LogP contribution in [0.2, 0.25) is 0 Å². The Morgan fingerprint density at radius 1 is 0.828 bits per heavy atom. The van der Waals surface area contributed by atoms with E-state index in [4.69, 9.17) is 21.9 Å². The summed E-state index contributed by atoms with van der Waals surface area (Å²) in [6.07, 6.45) is 3.98. The molecule has 0 radical (unpaired) electrons. The predicted octanol–water partition coefficient (Wildman–Crippen LogP) is 5.74. The molecule has 6 heteroatoms. The molecule has 0 saturated heterocycles. The number of rotatable bonds is 12. The van der Waals surface area contributed by atoms with Crippen LogP contribution in [0.25, 0.3) is 0 Å². The molecule has 0 aromatic heterocycles. The zero-order valence-electron chi connectivity index (χ0n) is 17.9. The van der Waals surface area contributed by atoms with Crippen LogP contribution in [0.1, 0.15) is 49.9 Å². The SMILES string of the molecule is CCc1cccc(CC)c1NCCN(Cl)CNc1c(CC)cc[c]([Co][Cl])c1CC. The second kappa shape index (κ2) is 12.7. The van der Waals surface area contributed by atoms with E-state index in [1.54, 1.807) is 4.42 Å². The van der Waals surface area contributed by atoms with Crippen molar-refractivity contribution >= 4 is 37.8 Å². The molecule has 163 valence electrons. The number of benzene rings is 2. The topological polar surface area (TPSA) is 27.3 Å². The number of anilines is 2. The number of hydrogen-bond donors (Lipinski definition) is 2. The van der Waals surface area contributed by atoms with E-state index >= 15 is 0 Å². The zero-order valence-corrected chi connectivity index (χ0v) is 20.4. The van der Waals surface area contributed by atoms with E-state index in [0.29, 0.717) is 6.67 Å². The van der Waals surface area contributed by atoms with Crippen molar-refractivity contribution in [2.45, 2.75) is 53.4 Å². The molecule has 0 spiro atoms. The van der Waals surface area contributed by atoms with E-state index in [1.807, 2.05) is 0 Å². The summed E-state index contributed by atoms with van der Waals surface area (Å²) in [5.74, 6) is 0. The van der Waals surface area contributed by atoms with Crippen molar-refractivity contribution in [1.82, 2.24) is 4.42 Å². The van der Waals surface area contributed by atoms with Crippen LogP contribution in [-0.4, -0.2) is 24.2 Å². The predicted molar refractivity (Wildman–Crippen MR) is 125 cm³/mol. The molecule has 0 aliphatic rings. The van der Waals surface area contributed by atoms with Crippen molar-refractivity contribution in [3.8, 4) is 0 Å². The first-order valence-electron chi connectivity index (χ1n) is 10.4. The van der Waals surface area contributed by atoms with Gasteiger partial charge in [-0.25, -0.2) is 0 Å². The minimum absolute atomic E-state index is 0.585. The Morgan fingerprint density at radius 2 is 1.45 bits per heavy atom. The fourth-order valence-electron chi connectivity index (χ4n) is 3.59. The molecule has 2 aromatic rings. The maximum atomic E-state index is 6.51. The number of nitrogens with zero attached hydrogens (tertiary/aromatic N) is 1. The number of hydrogen-bond acceptors (Lipinski definition) is 3. The third-order valence-corrected chi connectivity index (χ3v) is 6.75. The van der Waals surface area contributed by atoms with Gasteiger partial charge in [0.15, 0.2) is 0 Å².